The van der Waals surface area contributed by atoms with E-state index >= 15 is 0 Å². The van der Waals surface area contributed by atoms with Crippen molar-refractivity contribution < 1.29 is 9.90 Å². The summed E-state index contributed by atoms with van der Waals surface area (Å²) >= 11 is 0. The third-order valence-corrected chi connectivity index (χ3v) is 6.90. The number of carbonyl (C=O) groups is 1. The van der Waals surface area contributed by atoms with Gasteiger partial charge in [-0.25, -0.2) is 0 Å². The van der Waals surface area contributed by atoms with E-state index in [1.165, 1.54) is 5.57 Å². The second-order valence-corrected chi connectivity index (χ2v) is 8.99. The molecule has 1 fully saturated rings. The van der Waals surface area contributed by atoms with Crippen LogP contribution < -0.4 is 0 Å². The molecule has 2 heteroatoms. The molecule has 2 rings (SSSR count). The van der Waals surface area contributed by atoms with Gasteiger partial charge in [0.1, 0.15) is 0 Å². The van der Waals surface area contributed by atoms with Crippen LogP contribution in [0.1, 0.15) is 86.0 Å². The van der Waals surface area contributed by atoms with Gasteiger partial charge in [0.05, 0.1) is 6.10 Å². The minimum absolute atomic E-state index is 0.0838. The van der Waals surface area contributed by atoms with Crippen molar-refractivity contribution in [3.05, 3.63) is 11.6 Å². The number of rotatable bonds is 6. The number of carbonyl (C=O) groups excluding carboxylic acids is 1. The van der Waals surface area contributed by atoms with Crippen LogP contribution in [-0.4, -0.2) is 17.0 Å². The highest BCUT2D eigenvalue weighted by atomic mass is 16.3. The summed E-state index contributed by atoms with van der Waals surface area (Å²) in [5.41, 5.74) is 1.60. The smallest absolute Gasteiger partial charge is 0.155 e. The predicted molar refractivity (Wildman–Crippen MR) is 96.2 cm³/mol. The van der Waals surface area contributed by atoms with Crippen LogP contribution in [0, 0.1) is 22.7 Å². The van der Waals surface area contributed by atoms with Gasteiger partial charge in [-0.2, -0.15) is 0 Å². The van der Waals surface area contributed by atoms with Gasteiger partial charge >= 0.3 is 0 Å². The number of aliphatic hydroxyl groups excluding tert-OH is 1. The monoisotopic (exact) mass is 320 g/mol. The van der Waals surface area contributed by atoms with Crippen molar-refractivity contribution in [3.63, 3.8) is 0 Å². The topological polar surface area (TPSA) is 37.3 Å². The number of aliphatic hydroxyl groups is 1. The fourth-order valence-corrected chi connectivity index (χ4v) is 5.12. The average Bonchev–Trinajstić information content (AvgIpc) is 2.76. The Balaban J connectivity index is 2.02. The third kappa shape index (κ3) is 3.90. The first kappa shape index (κ1) is 18.7. The molecule has 2 aliphatic carbocycles. The number of hydrogen-bond acceptors (Lipinski definition) is 2. The molecule has 0 saturated heterocycles. The standard InChI is InChI=1S/C21H36O2/c1-6-12-21(5)18(9-10-19(21)23)15(2)7-8-16-14-17(22)11-13-20(16,3)4/h14-15,18-19,23H,6-13H2,1-5H3. The molecule has 0 aromatic rings. The molecule has 4 unspecified atom stereocenters. The van der Waals surface area contributed by atoms with E-state index in [1.807, 2.05) is 6.08 Å². The van der Waals surface area contributed by atoms with Crippen molar-refractivity contribution in [2.45, 2.75) is 92.1 Å². The number of ketones is 1. The van der Waals surface area contributed by atoms with Crippen LogP contribution in [0.15, 0.2) is 11.6 Å². The van der Waals surface area contributed by atoms with Crippen LogP contribution >= 0.6 is 0 Å². The summed E-state index contributed by atoms with van der Waals surface area (Å²) in [6.07, 6.45) is 10.0. The summed E-state index contributed by atoms with van der Waals surface area (Å²) < 4.78 is 0. The first-order valence-corrected chi connectivity index (χ1v) is 9.62. The fourth-order valence-electron chi connectivity index (χ4n) is 5.12. The molecule has 2 aliphatic rings. The maximum absolute atomic E-state index is 11.8. The lowest BCUT2D eigenvalue weighted by atomic mass is 9.67. The molecule has 0 heterocycles. The second-order valence-electron chi connectivity index (χ2n) is 8.99. The van der Waals surface area contributed by atoms with Crippen LogP contribution in [0.25, 0.3) is 0 Å². The summed E-state index contributed by atoms with van der Waals surface area (Å²) in [6, 6.07) is 0. The maximum Gasteiger partial charge on any atom is 0.155 e. The molecule has 0 spiro atoms. The van der Waals surface area contributed by atoms with Crippen LogP contribution in [0.4, 0.5) is 0 Å². The Hall–Kier alpha value is -0.630. The van der Waals surface area contributed by atoms with E-state index in [9.17, 15) is 9.90 Å². The van der Waals surface area contributed by atoms with Crippen molar-refractivity contribution in [1.82, 2.24) is 0 Å². The molecule has 0 aromatic carbocycles. The second kappa shape index (κ2) is 7.09. The molecule has 23 heavy (non-hydrogen) atoms. The van der Waals surface area contributed by atoms with Crippen LogP contribution in [0.3, 0.4) is 0 Å². The van der Waals surface area contributed by atoms with Crippen molar-refractivity contribution in [1.29, 1.82) is 0 Å². The quantitative estimate of drug-likeness (QED) is 0.721. The van der Waals surface area contributed by atoms with E-state index in [0.29, 0.717) is 24.0 Å². The number of hydrogen-bond donors (Lipinski definition) is 1. The molecular weight excluding hydrogens is 284 g/mol. The lowest BCUT2D eigenvalue weighted by Gasteiger charge is -2.39. The highest BCUT2D eigenvalue weighted by molar-refractivity contribution is 5.91. The van der Waals surface area contributed by atoms with E-state index in [0.717, 1.165) is 44.9 Å². The van der Waals surface area contributed by atoms with E-state index in [1.54, 1.807) is 0 Å². The zero-order valence-electron chi connectivity index (χ0n) is 15.8. The minimum Gasteiger partial charge on any atom is -0.393 e. The van der Waals surface area contributed by atoms with Crippen LogP contribution in [-0.2, 0) is 4.79 Å². The Labute approximate surface area is 142 Å². The molecule has 0 radical (unpaired) electrons. The lowest BCUT2D eigenvalue weighted by molar-refractivity contribution is -0.115. The fraction of sp³-hybridized carbons (Fsp3) is 0.857. The van der Waals surface area contributed by atoms with Gasteiger partial charge in [-0.1, -0.05) is 46.6 Å². The van der Waals surface area contributed by atoms with Crippen molar-refractivity contribution in [2.24, 2.45) is 22.7 Å². The summed E-state index contributed by atoms with van der Waals surface area (Å²) in [4.78, 5) is 11.8. The molecule has 2 nitrogen and oxygen atoms in total. The van der Waals surface area contributed by atoms with Gasteiger partial charge in [0, 0.05) is 6.42 Å². The van der Waals surface area contributed by atoms with E-state index in [4.69, 9.17) is 0 Å². The zero-order chi connectivity index (χ0) is 17.3. The van der Waals surface area contributed by atoms with E-state index < -0.39 is 0 Å². The first-order chi connectivity index (χ1) is 10.7. The van der Waals surface area contributed by atoms with Crippen LogP contribution in [0.5, 0.6) is 0 Å². The van der Waals surface area contributed by atoms with Gasteiger partial charge in [-0.3, -0.25) is 4.79 Å². The van der Waals surface area contributed by atoms with Gasteiger partial charge in [0.15, 0.2) is 5.78 Å². The molecule has 0 bridgehead atoms. The largest absolute Gasteiger partial charge is 0.393 e. The minimum atomic E-state index is -0.137. The van der Waals surface area contributed by atoms with Crippen molar-refractivity contribution in [2.75, 3.05) is 0 Å². The summed E-state index contributed by atoms with van der Waals surface area (Å²) in [7, 11) is 0. The molecule has 1 saturated carbocycles. The Bertz CT molecular complexity index is 462. The molecular formula is C21H36O2. The highest BCUT2D eigenvalue weighted by Gasteiger charge is 2.47. The predicted octanol–water partition coefficient (Wildman–Crippen LogP) is 5.30. The van der Waals surface area contributed by atoms with E-state index in [-0.39, 0.29) is 16.9 Å². The van der Waals surface area contributed by atoms with Gasteiger partial charge in [-0.15, -0.1) is 0 Å². The highest BCUT2D eigenvalue weighted by Crippen LogP contribution is 2.51. The Morgan fingerprint density at radius 2 is 2.00 bits per heavy atom. The normalized spacial score (nSPS) is 35.2. The Kier molecular flexibility index (Phi) is 5.76. The SMILES string of the molecule is CCCC1(C)C(O)CCC1C(C)CCC1=CC(=O)CCC1(C)C. The Morgan fingerprint density at radius 1 is 1.30 bits per heavy atom. The van der Waals surface area contributed by atoms with Gasteiger partial charge in [0.2, 0.25) is 0 Å². The third-order valence-electron chi connectivity index (χ3n) is 6.90. The van der Waals surface area contributed by atoms with Crippen molar-refractivity contribution in [3.8, 4) is 0 Å². The zero-order valence-corrected chi connectivity index (χ0v) is 15.8. The maximum atomic E-state index is 11.8. The average molecular weight is 321 g/mol. The van der Waals surface area contributed by atoms with Crippen LogP contribution in [0.2, 0.25) is 0 Å². The molecule has 0 aliphatic heterocycles. The summed E-state index contributed by atoms with van der Waals surface area (Å²) in [5, 5.41) is 10.5. The molecule has 0 aromatic heterocycles. The number of allylic oxidation sites excluding steroid dienone is 2. The van der Waals surface area contributed by atoms with Crippen molar-refractivity contribution >= 4 is 5.78 Å². The van der Waals surface area contributed by atoms with Gasteiger partial charge < -0.3 is 5.11 Å². The summed E-state index contributed by atoms with van der Waals surface area (Å²) in [5.74, 6) is 1.52. The van der Waals surface area contributed by atoms with Gasteiger partial charge in [-0.05, 0) is 67.3 Å². The Morgan fingerprint density at radius 3 is 2.65 bits per heavy atom. The summed E-state index contributed by atoms with van der Waals surface area (Å²) in [6.45, 7) is 11.4. The lowest BCUT2D eigenvalue weighted by Crippen LogP contribution is -2.35. The molecule has 0 amide bonds. The molecule has 1 N–H and O–H groups in total. The first-order valence-electron chi connectivity index (χ1n) is 9.62. The van der Waals surface area contributed by atoms with E-state index in [2.05, 4.69) is 34.6 Å². The van der Waals surface area contributed by atoms with Gasteiger partial charge in [0.25, 0.3) is 0 Å². The molecule has 4 atom stereocenters. The molecule has 132 valence electrons.